The molecule has 1 aliphatic rings. The average Bonchev–Trinajstić information content (AvgIpc) is 2.60. The molecule has 0 aromatic heterocycles. The van der Waals surface area contributed by atoms with Crippen LogP contribution in [-0.4, -0.2) is 42.3 Å². The maximum Gasteiger partial charge on any atom is 0.410 e. The number of hydrogen-bond donors (Lipinski definition) is 1. The van der Waals surface area contributed by atoms with Crippen LogP contribution in [0.5, 0.6) is 0 Å². The van der Waals surface area contributed by atoms with Gasteiger partial charge in [0.05, 0.1) is 0 Å². The molecule has 1 amide bonds. The van der Waals surface area contributed by atoms with Crippen molar-refractivity contribution in [3.05, 3.63) is 11.6 Å². The fourth-order valence-corrected chi connectivity index (χ4v) is 1.75. The zero-order chi connectivity index (χ0) is 13.1. The molecule has 1 aliphatic heterocycles. The molecule has 0 spiro atoms. The van der Waals surface area contributed by atoms with Gasteiger partial charge in [0.15, 0.2) is 0 Å². The molecule has 1 fully saturated rings. The van der Waals surface area contributed by atoms with E-state index in [-0.39, 0.29) is 12.1 Å². The predicted molar refractivity (Wildman–Crippen MR) is 69.2 cm³/mol. The Morgan fingerprint density at radius 1 is 1.59 bits per heavy atom. The molecule has 0 aromatic rings. The Hall–Kier alpha value is -0.740. The van der Waals surface area contributed by atoms with Gasteiger partial charge >= 0.3 is 6.09 Å². The number of ether oxygens (including phenoxy) is 1. The van der Waals surface area contributed by atoms with Gasteiger partial charge in [-0.05, 0) is 27.2 Å². The molecule has 5 heteroatoms. The molecule has 0 radical (unpaired) electrons. The van der Waals surface area contributed by atoms with E-state index in [4.69, 9.17) is 16.3 Å². The van der Waals surface area contributed by atoms with Crippen molar-refractivity contribution in [2.24, 2.45) is 0 Å². The minimum atomic E-state index is -0.437. The molecule has 0 bridgehead atoms. The normalized spacial score (nSPS) is 20.5. The third kappa shape index (κ3) is 5.41. The van der Waals surface area contributed by atoms with Crippen LogP contribution in [0.3, 0.4) is 0 Å². The summed E-state index contributed by atoms with van der Waals surface area (Å²) in [4.78, 5) is 13.5. The number of likely N-dealkylation sites (tertiary alicyclic amines) is 1. The largest absolute Gasteiger partial charge is 0.444 e. The molecule has 1 saturated heterocycles. The lowest BCUT2D eigenvalue weighted by molar-refractivity contribution is 0.0291. The van der Waals surface area contributed by atoms with Gasteiger partial charge in [0.1, 0.15) is 5.60 Å². The summed E-state index contributed by atoms with van der Waals surface area (Å²) in [6.45, 7) is 11.2. The Balaban J connectivity index is 2.34. The molecule has 17 heavy (non-hydrogen) atoms. The van der Waals surface area contributed by atoms with Gasteiger partial charge in [0.2, 0.25) is 0 Å². The Kier molecular flexibility index (Phi) is 4.83. The van der Waals surface area contributed by atoms with Gasteiger partial charge in [-0.3, -0.25) is 0 Å². The van der Waals surface area contributed by atoms with Crippen molar-refractivity contribution in [2.75, 3.05) is 19.6 Å². The molecule has 1 heterocycles. The first-order valence-corrected chi connectivity index (χ1v) is 6.20. The summed E-state index contributed by atoms with van der Waals surface area (Å²) in [5.41, 5.74) is -0.437. The Morgan fingerprint density at radius 3 is 2.76 bits per heavy atom. The van der Waals surface area contributed by atoms with Crippen LogP contribution in [0.4, 0.5) is 4.79 Å². The fraction of sp³-hybridized carbons (Fsp3) is 0.750. The van der Waals surface area contributed by atoms with Crippen molar-refractivity contribution in [2.45, 2.75) is 38.8 Å². The van der Waals surface area contributed by atoms with E-state index < -0.39 is 5.60 Å². The number of halogens is 1. The minimum absolute atomic E-state index is 0.244. The van der Waals surface area contributed by atoms with E-state index in [2.05, 4.69) is 11.9 Å². The first-order chi connectivity index (χ1) is 7.78. The van der Waals surface area contributed by atoms with E-state index in [0.29, 0.717) is 18.1 Å². The van der Waals surface area contributed by atoms with Gasteiger partial charge in [-0.25, -0.2) is 4.79 Å². The van der Waals surface area contributed by atoms with Crippen molar-refractivity contribution in [1.29, 1.82) is 0 Å². The number of nitrogens with one attached hydrogen (secondary N) is 1. The van der Waals surface area contributed by atoms with Gasteiger partial charge < -0.3 is 15.0 Å². The lowest BCUT2D eigenvalue weighted by Crippen LogP contribution is -2.38. The fourth-order valence-electron chi connectivity index (χ4n) is 1.67. The minimum Gasteiger partial charge on any atom is -0.444 e. The third-order valence-electron chi connectivity index (χ3n) is 2.42. The monoisotopic (exact) mass is 260 g/mol. The maximum atomic E-state index is 11.8. The van der Waals surface area contributed by atoms with Crippen LogP contribution in [0.15, 0.2) is 11.6 Å². The number of carbonyl (C=O) groups excluding carboxylic acids is 1. The summed E-state index contributed by atoms with van der Waals surface area (Å²) in [6, 6.07) is 0.276. The zero-order valence-electron chi connectivity index (χ0n) is 10.8. The molecule has 98 valence electrons. The summed E-state index contributed by atoms with van der Waals surface area (Å²) < 4.78 is 5.31. The van der Waals surface area contributed by atoms with Crippen molar-refractivity contribution >= 4 is 17.7 Å². The molecule has 1 N–H and O–H groups in total. The van der Waals surface area contributed by atoms with E-state index in [1.54, 1.807) is 4.90 Å². The summed E-state index contributed by atoms with van der Waals surface area (Å²) in [5.74, 6) is 0. The van der Waals surface area contributed by atoms with E-state index in [9.17, 15) is 4.79 Å². The highest BCUT2D eigenvalue weighted by molar-refractivity contribution is 6.29. The Bertz CT molecular complexity index is 299. The molecular weight excluding hydrogens is 240 g/mol. The highest BCUT2D eigenvalue weighted by Gasteiger charge is 2.29. The zero-order valence-corrected chi connectivity index (χ0v) is 11.5. The number of amides is 1. The van der Waals surface area contributed by atoms with Crippen molar-refractivity contribution < 1.29 is 9.53 Å². The van der Waals surface area contributed by atoms with Crippen LogP contribution in [-0.2, 0) is 4.74 Å². The second-order valence-electron chi connectivity index (χ2n) is 5.31. The molecule has 1 atom stereocenters. The molecule has 0 aliphatic carbocycles. The van der Waals surface area contributed by atoms with Crippen LogP contribution < -0.4 is 5.32 Å². The van der Waals surface area contributed by atoms with E-state index in [1.807, 2.05) is 20.8 Å². The number of hydrogen-bond acceptors (Lipinski definition) is 3. The van der Waals surface area contributed by atoms with Gasteiger partial charge in [-0.15, -0.1) is 0 Å². The summed E-state index contributed by atoms with van der Waals surface area (Å²) in [5, 5.41) is 3.83. The van der Waals surface area contributed by atoms with Crippen molar-refractivity contribution in [3.63, 3.8) is 0 Å². The van der Waals surface area contributed by atoms with Crippen LogP contribution in [0.2, 0.25) is 0 Å². The van der Waals surface area contributed by atoms with Gasteiger partial charge in [-0.1, -0.05) is 18.2 Å². The topological polar surface area (TPSA) is 41.6 Å². The molecule has 0 saturated carbocycles. The van der Waals surface area contributed by atoms with Crippen molar-refractivity contribution in [3.8, 4) is 0 Å². The third-order valence-corrected chi connectivity index (χ3v) is 2.56. The van der Waals surface area contributed by atoms with Gasteiger partial charge in [-0.2, -0.15) is 0 Å². The molecular formula is C12H21ClN2O2. The predicted octanol–water partition coefficient (Wildman–Crippen LogP) is 2.34. The number of nitrogens with zero attached hydrogens (tertiary/aromatic N) is 1. The molecule has 1 rings (SSSR count). The van der Waals surface area contributed by atoms with Crippen LogP contribution >= 0.6 is 11.6 Å². The highest BCUT2D eigenvalue weighted by Crippen LogP contribution is 2.15. The molecule has 4 nitrogen and oxygen atoms in total. The second kappa shape index (κ2) is 5.74. The smallest absolute Gasteiger partial charge is 0.410 e. The lowest BCUT2D eigenvalue weighted by Gasteiger charge is -2.24. The van der Waals surface area contributed by atoms with Crippen LogP contribution in [0.1, 0.15) is 27.2 Å². The lowest BCUT2D eigenvalue weighted by atomic mass is 10.2. The van der Waals surface area contributed by atoms with Gasteiger partial charge in [0.25, 0.3) is 0 Å². The quantitative estimate of drug-likeness (QED) is 0.847. The molecule has 0 aromatic carbocycles. The van der Waals surface area contributed by atoms with E-state index in [1.165, 1.54) is 0 Å². The van der Waals surface area contributed by atoms with Gasteiger partial charge in [0, 0.05) is 30.7 Å². The summed E-state index contributed by atoms with van der Waals surface area (Å²) in [6.07, 6.45) is 0.676. The second-order valence-corrected chi connectivity index (χ2v) is 5.84. The summed E-state index contributed by atoms with van der Waals surface area (Å²) in [7, 11) is 0. The summed E-state index contributed by atoms with van der Waals surface area (Å²) >= 11 is 5.68. The number of rotatable bonds is 3. The van der Waals surface area contributed by atoms with Crippen LogP contribution in [0.25, 0.3) is 0 Å². The average molecular weight is 261 g/mol. The first kappa shape index (κ1) is 14.3. The van der Waals surface area contributed by atoms with E-state index >= 15 is 0 Å². The highest BCUT2D eigenvalue weighted by atomic mass is 35.5. The maximum absolute atomic E-state index is 11.8. The van der Waals surface area contributed by atoms with E-state index in [0.717, 1.165) is 13.0 Å². The SMILES string of the molecule is C=C(Cl)CNC1CCN(C(=O)OC(C)(C)C)C1. The first-order valence-electron chi connectivity index (χ1n) is 5.82. The number of carbonyl (C=O) groups is 1. The standard InChI is InChI=1S/C12H21ClN2O2/c1-9(13)7-14-10-5-6-15(8-10)11(16)17-12(2,3)4/h10,14H,1,5-8H2,2-4H3. The van der Waals surface area contributed by atoms with Crippen LogP contribution in [0, 0.1) is 0 Å². The Labute approximate surface area is 108 Å². The van der Waals surface area contributed by atoms with Crippen molar-refractivity contribution in [1.82, 2.24) is 10.2 Å². The molecule has 1 unspecified atom stereocenters. The Morgan fingerprint density at radius 2 is 2.24 bits per heavy atom.